The van der Waals surface area contributed by atoms with Crippen molar-refractivity contribution in [2.45, 2.75) is 4.84 Å². The lowest BCUT2D eigenvalue weighted by Gasteiger charge is -2.08. The molecule has 1 N–H and O–H groups in total. The number of rotatable bonds is 4. The van der Waals surface area contributed by atoms with E-state index in [0.29, 0.717) is 22.4 Å². The van der Waals surface area contributed by atoms with E-state index in [1.54, 1.807) is 24.3 Å². The van der Waals surface area contributed by atoms with Crippen molar-refractivity contribution in [2.24, 2.45) is 0 Å². The first-order chi connectivity index (χ1) is 11.5. The Morgan fingerprint density at radius 2 is 2.00 bits per heavy atom. The van der Waals surface area contributed by atoms with Crippen molar-refractivity contribution in [3.05, 3.63) is 52.6 Å². The van der Waals surface area contributed by atoms with Crippen LogP contribution in [0.4, 0.5) is 11.4 Å². The monoisotopic (exact) mass is 365 g/mol. The van der Waals surface area contributed by atoms with Gasteiger partial charge in [-0.25, -0.2) is 4.98 Å². The number of halogens is 2. The second-order valence-corrected chi connectivity index (χ2v) is 5.86. The number of nitro benzene ring substituents is 1. The minimum Gasteiger partial charge on any atom is -0.436 e. The number of hydrogen-bond acceptors (Lipinski definition) is 5. The van der Waals surface area contributed by atoms with E-state index in [1.165, 1.54) is 18.2 Å². The maximum Gasteiger partial charge on any atom is 0.271 e. The normalized spacial score (nSPS) is 11.0. The van der Waals surface area contributed by atoms with E-state index in [0.717, 1.165) is 0 Å². The Balaban J connectivity index is 2.04. The Bertz CT molecular complexity index is 939. The number of nitrogens with zero attached hydrogens (tertiary/aromatic N) is 2. The van der Waals surface area contributed by atoms with Gasteiger partial charge in [-0.15, -0.1) is 0 Å². The van der Waals surface area contributed by atoms with Crippen LogP contribution in [0.15, 0.2) is 46.9 Å². The van der Waals surface area contributed by atoms with Gasteiger partial charge < -0.3 is 9.73 Å². The van der Waals surface area contributed by atoms with Crippen LogP contribution in [0.25, 0.3) is 22.6 Å². The van der Waals surface area contributed by atoms with Gasteiger partial charge in [-0.3, -0.25) is 14.9 Å². The predicted octanol–water partition coefficient (Wildman–Crippen LogP) is 4.15. The molecule has 0 aliphatic heterocycles. The van der Waals surface area contributed by atoms with Crippen LogP contribution in [0.2, 0.25) is 0 Å². The molecule has 3 rings (SSSR count). The second-order valence-electron chi connectivity index (χ2n) is 4.76. The number of alkyl halides is 2. The molecule has 0 atom stereocenters. The summed E-state index contributed by atoms with van der Waals surface area (Å²) in [6, 6.07) is 10.9. The van der Waals surface area contributed by atoms with E-state index in [4.69, 9.17) is 27.6 Å². The van der Waals surface area contributed by atoms with Crippen molar-refractivity contribution in [3.63, 3.8) is 0 Å². The fourth-order valence-electron chi connectivity index (χ4n) is 2.11. The Morgan fingerprint density at radius 1 is 1.25 bits per heavy atom. The van der Waals surface area contributed by atoms with Gasteiger partial charge in [0.1, 0.15) is 5.52 Å². The zero-order valence-corrected chi connectivity index (χ0v) is 13.4. The van der Waals surface area contributed by atoms with E-state index < -0.39 is 15.7 Å². The lowest BCUT2D eigenvalue weighted by Crippen LogP contribution is -2.18. The highest BCUT2D eigenvalue weighted by Crippen LogP contribution is 2.31. The largest absolute Gasteiger partial charge is 0.436 e. The molecular formula is C15H9Cl2N3O4. The van der Waals surface area contributed by atoms with E-state index >= 15 is 0 Å². The molecule has 0 fully saturated rings. The van der Waals surface area contributed by atoms with Crippen molar-refractivity contribution in [2.75, 3.05) is 5.32 Å². The number of nitro groups is 1. The molecule has 0 bridgehead atoms. The quantitative estimate of drug-likeness (QED) is 0.425. The number of anilines is 1. The molecule has 0 saturated heterocycles. The lowest BCUT2D eigenvalue weighted by atomic mass is 10.1. The smallest absolute Gasteiger partial charge is 0.271 e. The number of non-ortho nitro benzene ring substituents is 1. The maximum atomic E-state index is 11.7. The van der Waals surface area contributed by atoms with Crippen LogP contribution in [0.1, 0.15) is 0 Å². The molecule has 0 aliphatic rings. The molecule has 1 heterocycles. The molecule has 0 saturated carbocycles. The van der Waals surface area contributed by atoms with Crippen LogP contribution < -0.4 is 5.32 Å². The minimum absolute atomic E-state index is 0.0870. The summed E-state index contributed by atoms with van der Waals surface area (Å²) < 4.78 is 5.62. The highest BCUT2D eigenvalue weighted by atomic mass is 35.5. The van der Waals surface area contributed by atoms with Gasteiger partial charge in [-0.05, 0) is 18.2 Å². The fourth-order valence-corrected chi connectivity index (χ4v) is 2.22. The molecule has 1 aromatic heterocycles. The van der Waals surface area contributed by atoms with Gasteiger partial charge >= 0.3 is 0 Å². The Morgan fingerprint density at radius 3 is 2.71 bits per heavy atom. The van der Waals surface area contributed by atoms with Gasteiger partial charge in [-0.1, -0.05) is 35.3 Å². The molecule has 0 aliphatic carbocycles. The molecule has 0 spiro atoms. The van der Waals surface area contributed by atoms with Crippen molar-refractivity contribution >= 4 is 51.6 Å². The zero-order valence-electron chi connectivity index (χ0n) is 11.9. The standard InChI is InChI=1S/C15H9Cl2N3O4/c16-13(17)14(21)18-10-4-2-1-3-9(10)15-19-11-7-8(20(22)23)5-6-12(11)24-15/h1-7,13H,(H,18,21). The molecule has 0 unspecified atom stereocenters. The highest BCUT2D eigenvalue weighted by Gasteiger charge is 2.18. The number of carbonyl (C=O) groups excluding carboxylic acids is 1. The number of para-hydroxylation sites is 1. The van der Waals surface area contributed by atoms with Crippen molar-refractivity contribution in [3.8, 4) is 11.5 Å². The average Bonchev–Trinajstić information content (AvgIpc) is 2.97. The van der Waals surface area contributed by atoms with Crippen molar-refractivity contribution < 1.29 is 14.1 Å². The number of oxazole rings is 1. The molecule has 1 amide bonds. The van der Waals surface area contributed by atoms with Gasteiger partial charge in [0.15, 0.2) is 10.4 Å². The van der Waals surface area contributed by atoms with E-state index in [2.05, 4.69) is 10.3 Å². The third-order valence-electron chi connectivity index (χ3n) is 3.20. The number of fused-ring (bicyclic) bond motifs is 1. The summed E-state index contributed by atoms with van der Waals surface area (Å²) in [6.45, 7) is 0. The fraction of sp³-hybridized carbons (Fsp3) is 0.0667. The number of benzene rings is 2. The van der Waals surface area contributed by atoms with Crippen LogP contribution >= 0.6 is 23.2 Å². The minimum atomic E-state index is -1.22. The van der Waals surface area contributed by atoms with Gasteiger partial charge in [0.25, 0.3) is 11.6 Å². The lowest BCUT2D eigenvalue weighted by molar-refractivity contribution is -0.384. The van der Waals surface area contributed by atoms with Crippen LogP contribution in [-0.2, 0) is 4.79 Å². The molecule has 122 valence electrons. The second kappa shape index (κ2) is 6.46. The van der Waals surface area contributed by atoms with E-state index in [1.807, 2.05) is 0 Å². The molecule has 2 aromatic carbocycles. The third kappa shape index (κ3) is 3.17. The third-order valence-corrected chi connectivity index (χ3v) is 3.59. The molecule has 24 heavy (non-hydrogen) atoms. The Labute approximate surface area is 145 Å². The maximum absolute atomic E-state index is 11.7. The van der Waals surface area contributed by atoms with Crippen LogP contribution in [0, 0.1) is 10.1 Å². The van der Waals surface area contributed by atoms with Crippen LogP contribution in [0.5, 0.6) is 0 Å². The molecule has 7 nitrogen and oxygen atoms in total. The number of hydrogen-bond donors (Lipinski definition) is 1. The van der Waals surface area contributed by atoms with E-state index in [9.17, 15) is 14.9 Å². The molecule has 9 heteroatoms. The molecule has 3 aromatic rings. The summed E-state index contributed by atoms with van der Waals surface area (Å²) >= 11 is 11.1. The van der Waals surface area contributed by atoms with E-state index in [-0.39, 0.29) is 11.6 Å². The van der Waals surface area contributed by atoms with Crippen LogP contribution in [-0.4, -0.2) is 20.7 Å². The first-order valence-corrected chi connectivity index (χ1v) is 7.56. The summed E-state index contributed by atoms with van der Waals surface area (Å²) in [5.74, 6) is -0.375. The summed E-state index contributed by atoms with van der Waals surface area (Å²) in [5, 5.41) is 13.4. The van der Waals surface area contributed by atoms with Crippen molar-refractivity contribution in [1.29, 1.82) is 0 Å². The topological polar surface area (TPSA) is 98.3 Å². The SMILES string of the molecule is O=C(Nc1ccccc1-c1nc2cc([N+](=O)[O-])ccc2o1)C(Cl)Cl. The molecular weight excluding hydrogens is 357 g/mol. The Kier molecular flexibility index (Phi) is 4.37. The Hall–Kier alpha value is -2.64. The first kappa shape index (κ1) is 16.2. The van der Waals surface area contributed by atoms with Gasteiger partial charge in [-0.2, -0.15) is 0 Å². The summed E-state index contributed by atoms with van der Waals surface area (Å²) in [6.07, 6.45) is 0. The van der Waals surface area contributed by atoms with Crippen molar-refractivity contribution in [1.82, 2.24) is 4.98 Å². The predicted molar refractivity (Wildman–Crippen MR) is 90.2 cm³/mol. The van der Waals surface area contributed by atoms with Gasteiger partial charge in [0.05, 0.1) is 16.2 Å². The highest BCUT2D eigenvalue weighted by molar-refractivity contribution is 6.54. The number of carbonyl (C=O) groups is 1. The number of nitrogens with one attached hydrogen (secondary N) is 1. The summed E-state index contributed by atoms with van der Waals surface area (Å²) in [4.78, 5) is 25.0. The zero-order chi connectivity index (χ0) is 17.3. The van der Waals surface area contributed by atoms with Crippen LogP contribution in [0.3, 0.4) is 0 Å². The van der Waals surface area contributed by atoms with Gasteiger partial charge in [0.2, 0.25) is 5.89 Å². The summed E-state index contributed by atoms with van der Waals surface area (Å²) in [7, 11) is 0. The van der Waals surface area contributed by atoms with Gasteiger partial charge in [0, 0.05) is 12.1 Å². The summed E-state index contributed by atoms with van der Waals surface area (Å²) in [5.41, 5.74) is 1.56. The average molecular weight is 366 g/mol. The molecule has 0 radical (unpaired) electrons. The number of amides is 1. The first-order valence-electron chi connectivity index (χ1n) is 6.69. The number of aromatic nitrogens is 1.